The zero-order chi connectivity index (χ0) is 16.8. The van der Waals surface area contributed by atoms with E-state index in [1.165, 1.54) is 83.6 Å². The average molecular weight is 326 g/mol. The molecule has 0 aliphatic heterocycles. The van der Waals surface area contributed by atoms with Crippen molar-refractivity contribution in [1.29, 1.82) is 0 Å². The highest BCUT2D eigenvalue weighted by Gasteiger charge is 2.23. The fourth-order valence-electron chi connectivity index (χ4n) is 3.87. The van der Waals surface area contributed by atoms with Crippen LogP contribution in [0.3, 0.4) is 0 Å². The Morgan fingerprint density at radius 1 is 0.957 bits per heavy atom. The Bertz CT molecular complexity index is 293. The van der Waals surface area contributed by atoms with Crippen molar-refractivity contribution < 1.29 is 9.90 Å². The summed E-state index contributed by atoms with van der Waals surface area (Å²) in [7, 11) is 0. The van der Waals surface area contributed by atoms with E-state index in [-0.39, 0.29) is 0 Å². The predicted octanol–water partition coefficient (Wildman–Crippen LogP) is 5.53. The van der Waals surface area contributed by atoms with E-state index >= 15 is 0 Å². The summed E-state index contributed by atoms with van der Waals surface area (Å²) < 4.78 is 0. The van der Waals surface area contributed by atoms with Crippen molar-refractivity contribution >= 4 is 5.97 Å². The van der Waals surface area contributed by atoms with E-state index in [9.17, 15) is 4.79 Å². The highest BCUT2D eigenvalue weighted by molar-refractivity contribution is 5.66. The summed E-state index contributed by atoms with van der Waals surface area (Å²) in [5, 5.41) is 12.5. The van der Waals surface area contributed by atoms with Gasteiger partial charge in [0.05, 0.1) is 0 Å². The second-order valence-electron chi connectivity index (χ2n) is 7.37. The molecule has 1 fully saturated rings. The third kappa shape index (κ3) is 10.8. The first kappa shape index (κ1) is 20.5. The van der Waals surface area contributed by atoms with Crippen LogP contribution < -0.4 is 5.32 Å². The number of aliphatic carboxylic acids is 1. The van der Waals surface area contributed by atoms with E-state index in [0.717, 1.165) is 24.8 Å². The van der Waals surface area contributed by atoms with Crippen molar-refractivity contribution in [3.8, 4) is 0 Å². The van der Waals surface area contributed by atoms with Gasteiger partial charge in [-0.1, -0.05) is 64.7 Å². The summed E-state index contributed by atoms with van der Waals surface area (Å²) in [6.07, 6.45) is 18.4. The third-order valence-electron chi connectivity index (χ3n) is 5.31. The molecule has 3 nitrogen and oxygen atoms in total. The highest BCUT2D eigenvalue weighted by atomic mass is 16.4. The molecule has 1 saturated carbocycles. The minimum Gasteiger partial charge on any atom is -0.481 e. The van der Waals surface area contributed by atoms with Gasteiger partial charge in [-0.15, -0.1) is 0 Å². The van der Waals surface area contributed by atoms with E-state index in [2.05, 4.69) is 12.2 Å². The molecule has 3 heteroatoms. The summed E-state index contributed by atoms with van der Waals surface area (Å²) in [5.41, 5.74) is 0. The second kappa shape index (κ2) is 13.8. The van der Waals surface area contributed by atoms with Crippen LogP contribution in [-0.4, -0.2) is 23.7 Å². The Morgan fingerprint density at radius 2 is 1.65 bits per heavy atom. The lowest BCUT2D eigenvalue weighted by Crippen LogP contribution is -2.39. The van der Waals surface area contributed by atoms with Crippen LogP contribution in [0.15, 0.2) is 0 Å². The molecule has 0 radical (unpaired) electrons. The summed E-state index contributed by atoms with van der Waals surface area (Å²) in [6.45, 7) is 3.47. The maximum atomic E-state index is 10.5. The van der Waals surface area contributed by atoms with E-state index < -0.39 is 5.97 Å². The molecular formula is C20H39NO2. The molecule has 0 aromatic rings. The molecule has 1 rings (SSSR count). The lowest BCUT2D eigenvalue weighted by atomic mass is 9.81. The second-order valence-corrected chi connectivity index (χ2v) is 7.37. The van der Waals surface area contributed by atoms with Crippen molar-refractivity contribution in [1.82, 2.24) is 5.32 Å². The first-order chi connectivity index (χ1) is 11.2. The van der Waals surface area contributed by atoms with Gasteiger partial charge in [-0.25, -0.2) is 0 Å². The average Bonchev–Trinajstić information content (AvgIpc) is 2.55. The van der Waals surface area contributed by atoms with E-state index in [1.807, 2.05) is 0 Å². The quantitative estimate of drug-likeness (QED) is 0.413. The number of hydrogen-bond acceptors (Lipinski definition) is 2. The molecule has 0 aromatic heterocycles. The van der Waals surface area contributed by atoms with Gasteiger partial charge in [0.2, 0.25) is 0 Å². The fourth-order valence-corrected chi connectivity index (χ4v) is 3.87. The maximum absolute atomic E-state index is 10.5. The van der Waals surface area contributed by atoms with Crippen LogP contribution in [0, 0.1) is 5.92 Å². The fraction of sp³-hybridized carbons (Fsp3) is 0.950. The number of unbranched alkanes of at least 4 members (excludes halogenated alkanes) is 7. The molecule has 1 aliphatic rings. The molecule has 1 aliphatic carbocycles. The molecule has 0 amide bonds. The number of carboxylic acid groups (broad SMARTS) is 1. The Hall–Kier alpha value is -0.570. The van der Waals surface area contributed by atoms with Crippen molar-refractivity contribution in [2.24, 2.45) is 5.92 Å². The number of carbonyl (C=O) groups is 1. The molecule has 0 saturated heterocycles. The Labute approximate surface area is 143 Å². The van der Waals surface area contributed by atoms with E-state index in [1.54, 1.807) is 0 Å². The molecular weight excluding hydrogens is 286 g/mol. The summed E-state index contributed by atoms with van der Waals surface area (Å²) >= 11 is 0. The Balaban J connectivity index is 2.07. The highest BCUT2D eigenvalue weighted by Crippen LogP contribution is 2.29. The molecule has 0 heterocycles. The van der Waals surface area contributed by atoms with Gasteiger partial charge in [0.15, 0.2) is 0 Å². The Kier molecular flexibility index (Phi) is 12.3. The van der Waals surface area contributed by atoms with Crippen LogP contribution in [0.2, 0.25) is 0 Å². The number of nitrogens with one attached hydrogen (secondary N) is 1. The zero-order valence-electron chi connectivity index (χ0n) is 15.3. The van der Waals surface area contributed by atoms with Gasteiger partial charge >= 0.3 is 5.97 Å². The van der Waals surface area contributed by atoms with Crippen molar-refractivity contribution in [2.45, 2.75) is 109 Å². The van der Waals surface area contributed by atoms with Gasteiger partial charge in [0, 0.05) is 12.5 Å². The van der Waals surface area contributed by atoms with Crippen LogP contribution >= 0.6 is 0 Å². The van der Waals surface area contributed by atoms with Crippen molar-refractivity contribution in [2.75, 3.05) is 6.54 Å². The molecule has 2 atom stereocenters. The molecule has 23 heavy (non-hydrogen) atoms. The minimum absolute atomic E-state index is 0.339. The van der Waals surface area contributed by atoms with Crippen LogP contribution in [0.4, 0.5) is 0 Å². The summed E-state index contributed by atoms with van der Waals surface area (Å²) in [6, 6.07) is 0.744. The van der Waals surface area contributed by atoms with Crippen LogP contribution in [-0.2, 0) is 4.79 Å². The minimum atomic E-state index is -0.652. The molecule has 2 unspecified atom stereocenters. The lowest BCUT2D eigenvalue weighted by molar-refractivity contribution is -0.137. The van der Waals surface area contributed by atoms with Gasteiger partial charge in [-0.2, -0.15) is 0 Å². The number of rotatable bonds is 14. The normalized spacial score (nSPS) is 21.4. The van der Waals surface area contributed by atoms with Gasteiger partial charge in [-0.3, -0.25) is 4.79 Å². The monoisotopic (exact) mass is 325 g/mol. The molecule has 0 bridgehead atoms. The van der Waals surface area contributed by atoms with Crippen molar-refractivity contribution in [3.05, 3.63) is 0 Å². The van der Waals surface area contributed by atoms with Gasteiger partial charge in [0.25, 0.3) is 0 Å². The Morgan fingerprint density at radius 3 is 2.43 bits per heavy atom. The molecule has 2 N–H and O–H groups in total. The van der Waals surface area contributed by atoms with E-state index in [4.69, 9.17) is 5.11 Å². The van der Waals surface area contributed by atoms with Crippen LogP contribution in [0.25, 0.3) is 0 Å². The standard InChI is InChI=1S/C20H39NO2/c1-2-3-4-7-12-17-21-19-15-11-10-14-18(19)13-8-5-6-9-16-20(22)23/h18-19,21H,2-17H2,1H3,(H,22,23). The van der Waals surface area contributed by atoms with E-state index in [0.29, 0.717) is 6.42 Å². The predicted molar refractivity (Wildman–Crippen MR) is 97.8 cm³/mol. The zero-order valence-corrected chi connectivity index (χ0v) is 15.3. The summed E-state index contributed by atoms with van der Waals surface area (Å²) in [4.78, 5) is 10.5. The third-order valence-corrected chi connectivity index (χ3v) is 5.31. The maximum Gasteiger partial charge on any atom is 0.303 e. The first-order valence-electron chi connectivity index (χ1n) is 10.2. The van der Waals surface area contributed by atoms with Crippen LogP contribution in [0.5, 0.6) is 0 Å². The largest absolute Gasteiger partial charge is 0.481 e. The molecule has 0 spiro atoms. The lowest BCUT2D eigenvalue weighted by Gasteiger charge is -2.32. The molecule has 0 aromatic carbocycles. The number of carboxylic acids is 1. The van der Waals surface area contributed by atoms with Crippen LogP contribution in [0.1, 0.15) is 103 Å². The topological polar surface area (TPSA) is 49.3 Å². The van der Waals surface area contributed by atoms with Gasteiger partial charge < -0.3 is 10.4 Å². The number of hydrogen-bond donors (Lipinski definition) is 2. The van der Waals surface area contributed by atoms with Crippen molar-refractivity contribution in [3.63, 3.8) is 0 Å². The van der Waals surface area contributed by atoms with Gasteiger partial charge in [-0.05, 0) is 44.6 Å². The first-order valence-corrected chi connectivity index (χ1v) is 10.2. The smallest absolute Gasteiger partial charge is 0.303 e. The van der Waals surface area contributed by atoms with Gasteiger partial charge in [0.1, 0.15) is 0 Å². The summed E-state index contributed by atoms with van der Waals surface area (Å²) in [5.74, 6) is 0.208. The SMILES string of the molecule is CCCCCCCNC1CCCCC1CCCCCCC(=O)O. The molecule has 136 valence electrons.